The van der Waals surface area contributed by atoms with Crippen molar-refractivity contribution in [1.82, 2.24) is 10.6 Å². The second-order valence-corrected chi connectivity index (χ2v) is 6.46. The molecular weight excluding hydrogens is 264 g/mol. The molecular formula is C13H20N2O3S. The second-order valence-electron chi connectivity index (χ2n) is 5.42. The van der Waals surface area contributed by atoms with Crippen LogP contribution in [0.15, 0.2) is 17.5 Å². The molecule has 6 heteroatoms. The third-order valence-electron chi connectivity index (χ3n) is 2.73. The SMILES string of the molecule is CC(C)(C)C(CC(=O)O)NC(=O)NCc1cccs1. The number of carbonyl (C=O) groups excluding carboxylic acids is 1. The molecule has 19 heavy (non-hydrogen) atoms. The maximum absolute atomic E-state index is 11.8. The number of carbonyl (C=O) groups is 2. The summed E-state index contributed by atoms with van der Waals surface area (Å²) in [5.74, 6) is -0.918. The van der Waals surface area contributed by atoms with E-state index < -0.39 is 12.0 Å². The Morgan fingerprint density at radius 2 is 2.11 bits per heavy atom. The first-order valence-corrected chi connectivity index (χ1v) is 6.95. The summed E-state index contributed by atoms with van der Waals surface area (Å²) in [5, 5.41) is 16.3. The van der Waals surface area contributed by atoms with E-state index >= 15 is 0 Å². The molecule has 0 aromatic carbocycles. The van der Waals surface area contributed by atoms with Crippen molar-refractivity contribution in [3.05, 3.63) is 22.4 Å². The van der Waals surface area contributed by atoms with Crippen LogP contribution in [0.4, 0.5) is 4.79 Å². The van der Waals surface area contributed by atoms with Crippen LogP contribution < -0.4 is 10.6 Å². The Morgan fingerprint density at radius 3 is 2.58 bits per heavy atom. The van der Waals surface area contributed by atoms with Gasteiger partial charge in [-0.2, -0.15) is 0 Å². The minimum absolute atomic E-state index is 0.0874. The fourth-order valence-electron chi connectivity index (χ4n) is 1.54. The van der Waals surface area contributed by atoms with E-state index in [9.17, 15) is 9.59 Å². The number of amides is 2. The number of hydrogen-bond acceptors (Lipinski definition) is 3. The lowest BCUT2D eigenvalue weighted by Gasteiger charge is -2.30. The van der Waals surface area contributed by atoms with E-state index in [1.54, 1.807) is 11.3 Å². The average molecular weight is 284 g/mol. The van der Waals surface area contributed by atoms with E-state index in [0.29, 0.717) is 6.54 Å². The van der Waals surface area contributed by atoms with E-state index in [1.807, 2.05) is 38.3 Å². The number of carboxylic acids is 1. The summed E-state index contributed by atoms with van der Waals surface area (Å²) in [6.45, 7) is 6.16. The molecule has 1 rings (SSSR count). The Labute approximate surface area is 117 Å². The Kier molecular flexibility index (Phi) is 5.35. The molecule has 0 spiro atoms. The highest BCUT2D eigenvalue weighted by Gasteiger charge is 2.28. The van der Waals surface area contributed by atoms with Gasteiger partial charge in [0.15, 0.2) is 0 Å². The molecule has 1 unspecified atom stereocenters. The molecule has 0 radical (unpaired) electrons. The zero-order chi connectivity index (χ0) is 14.5. The van der Waals surface area contributed by atoms with Gasteiger partial charge in [-0.25, -0.2) is 4.79 Å². The standard InChI is InChI=1S/C13H20N2O3S/c1-13(2,3)10(7-11(16)17)15-12(18)14-8-9-5-4-6-19-9/h4-6,10H,7-8H2,1-3H3,(H,16,17)(H2,14,15,18). The Bertz CT molecular complexity index is 424. The lowest BCUT2D eigenvalue weighted by molar-refractivity contribution is -0.138. The van der Waals surface area contributed by atoms with E-state index in [4.69, 9.17) is 5.11 Å². The van der Waals surface area contributed by atoms with Crippen molar-refractivity contribution in [1.29, 1.82) is 0 Å². The van der Waals surface area contributed by atoms with Crippen LogP contribution in [0.1, 0.15) is 32.1 Å². The van der Waals surface area contributed by atoms with Gasteiger partial charge in [0.05, 0.1) is 13.0 Å². The molecule has 2 amide bonds. The normalized spacial score (nSPS) is 12.8. The van der Waals surface area contributed by atoms with Gasteiger partial charge in [-0.15, -0.1) is 11.3 Å². The van der Waals surface area contributed by atoms with Gasteiger partial charge >= 0.3 is 12.0 Å². The van der Waals surface area contributed by atoms with Crippen molar-refractivity contribution in [2.45, 2.75) is 39.8 Å². The van der Waals surface area contributed by atoms with Gasteiger partial charge in [0.1, 0.15) is 0 Å². The van der Waals surface area contributed by atoms with Crippen LogP contribution in [0.3, 0.4) is 0 Å². The largest absolute Gasteiger partial charge is 0.481 e. The number of urea groups is 1. The van der Waals surface area contributed by atoms with E-state index in [-0.39, 0.29) is 17.9 Å². The fourth-order valence-corrected chi connectivity index (χ4v) is 2.18. The van der Waals surface area contributed by atoms with Gasteiger partial charge in [-0.3, -0.25) is 4.79 Å². The third kappa shape index (κ3) is 5.74. The molecule has 0 saturated carbocycles. The maximum Gasteiger partial charge on any atom is 0.315 e. The van der Waals surface area contributed by atoms with Gasteiger partial charge in [0.2, 0.25) is 0 Å². The Balaban J connectivity index is 2.49. The minimum atomic E-state index is -0.918. The van der Waals surface area contributed by atoms with Crippen molar-refractivity contribution >= 4 is 23.3 Å². The topological polar surface area (TPSA) is 78.4 Å². The van der Waals surface area contributed by atoms with Crippen molar-refractivity contribution in [2.75, 3.05) is 0 Å². The highest BCUT2D eigenvalue weighted by molar-refractivity contribution is 7.09. The van der Waals surface area contributed by atoms with Crippen molar-refractivity contribution in [3.8, 4) is 0 Å². The highest BCUT2D eigenvalue weighted by Crippen LogP contribution is 2.21. The summed E-state index contributed by atoms with van der Waals surface area (Å²) in [6.07, 6.45) is -0.0874. The van der Waals surface area contributed by atoms with Gasteiger partial charge in [0.25, 0.3) is 0 Å². The van der Waals surface area contributed by atoms with Crippen LogP contribution in [0, 0.1) is 5.41 Å². The molecule has 0 fully saturated rings. The van der Waals surface area contributed by atoms with E-state index in [2.05, 4.69) is 10.6 Å². The molecule has 0 aliphatic heterocycles. The summed E-state index contributed by atoms with van der Waals surface area (Å²) < 4.78 is 0. The quantitative estimate of drug-likeness (QED) is 0.777. The summed E-state index contributed by atoms with van der Waals surface area (Å²) in [5.41, 5.74) is -0.307. The van der Waals surface area contributed by atoms with Gasteiger partial charge in [0, 0.05) is 10.9 Å². The van der Waals surface area contributed by atoms with Crippen LogP contribution in [0.5, 0.6) is 0 Å². The third-order valence-corrected chi connectivity index (χ3v) is 3.61. The highest BCUT2D eigenvalue weighted by atomic mass is 32.1. The monoisotopic (exact) mass is 284 g/mol. The van der Waals surface area contributed by atoms with Crippen LogP contribution in [-0.4, -0.2) is 23.1 Å². The molecule has 0 aliphatic rings. The van der Waals surface area contributed by atoms with E-state index in [1.165, 1.54) is 0 Å². The van der Waals surface area contributed by atoms with Crippen molar-refractivity contribution in [2.24, 2.45) is 5.41 Å². The number of carboxylic acid groups (broad SMARTS) is 1. The Morgan fingerprint density at radius 1 is 1.42 bits per heavy atom. The average Bonchev–Trinajstić information content (AvgIpc) is 2.76. The first-order valence-electron chi connectivity index (χ1n) is 6.07. The number of thiophene rings is 1. The lowest BCUT2D eigenvalue weighted by Crippen LogP contribution is -2.48. The molecule has 3 N–H and O–H groups in total. The summed E-state index contributed by atoms with van der Waals surface area (Å²) in [7, 11) is 0. The molecule has 1 aromatic heterocycles. The predicted molar refractivity (Wildman–Crippen MR) is 75.2 cm³/mol. The molecule has 0 saturated heterocycles. The lowest BCUT2D eigenvalue weighted by atomic mass is 9.85. The number of aliphatic carboxylic acids is 1. The summed E-state index contributed by atoms with van der Waals surface area (Å²) in [6, 6.07) is 3.11. The van der Waals surface area contributed by atoms with Crippen LogP contribution in [0.2, 0.25) is 0 Å². The van der Waals surface area contributed by atoms with Crippen LogP contribution >= 0.6 is 11.3 Å². The fraction of sp³-hybridized carbons (Fsp3) is 0.538. The molecule has 106 valence electrons. The second kappa shape index (κ2) is 6.56. The molecule has 0 bridgehead atoms. The molecule has 0 aliphatic carbocycles. The number of rotatable bonds is 5. The molecule has 1 atom stereocenters. The van der Waals surface area contributed by atoms with Crippen molar-refractivity contribution in [3.63, 3.8) is 0 Å². The predicted octanol–water partition coefficient (Wildman–Crippen LogP) is 2.44. The Hall–Kier alpha value is -1.56. The molecule has 1 heterocycles. The maximum atomic E-state index is 11.8. The zero-order valence-electron chi connectivity index (χ0n) is 11.4. The van der Waals surface area contributed by atoms with E-state index in [0.717, 1.165) is 4.88 Å². The number of nitrogens with one attached hydrogen (secondary N) is 2. The molecule has 5 nitrogen and oxygen atoms in total. The minimum Gasteiger partial charge on any atom is -0.481 e. The van der Waals surface area contributed by atoms with Gasteiger partial charge in [-0.1, -0.05) is 26.8 Å². The zero-order valence-corrected chi connectivity index (χ0v) is 12.2. The van der Waals surface area contributed by atoms with Gasteiger partial charge in [-0.05, 0) is 16.9 Å². The molecule has 1 aromatic rings. The summed E-state index contributed by atoms with van der Waals surface area (Å²) >= 11 is 1.56. The smallest absolute Gasteiger partial charge is 0.315 e. The first-order chi connectivity index (χ1) is 8.79. The summed E-state index contributed by atoms with van der Waals surface area (Å²) in [4.78, 5) is 23.6. The van der Waals surface area contributed by atoms with Crippen LogP contribution in [0.25, 0.3) is 0 Å². The first kappa shape index (κ1) is 15.5. The van der Waals surface area contributed by atoms with Crippen molar-refractivity contribution < 1.29 is 14.7 Å². The number of hydrogen-bond donors (Lipinski definition) is 3. The van der Waals surface area contributed by atoms with Gasteiger partial charge < -0.3 is 15.7 Å². The van der Waals surface area contributed by atoms with Crippen LogP contribution in [-0.2, 0) is 11.3 Å².